The third kappa shape index (κ3) is 3.73. The SMILES string of the molecule is CNC(CC(C)COC)c1c(F)ccc(Br)c1F. The number of halogens is 3. The molecule has 0 amide bonds. The van der Waals surface area contributed by atoms with Crippen LogP contribution in [0, 0.1) is 17.6 Å². The predicted molar refractivity (Wildman–Crippen MR) is 71.5 cm³/mol. The van der Waals surface area contributed by atoms with E-state index in [-0.39, 0.29) is 22.0 Å². The van der Waals surface area contributed by atoms with Gasteiger partial charge in [-0.1, -0.05) is 6.92 Å². The molecular formula is C13H18BrF2NO. The molecule has 0 heterocycles. The molecule has 0 aliphatic rings. The van der Waals surface area contributed by atoms with Gasteiger partial charge in [0.05, 0.1) is 4.47 Å². The van der Waals surface area contributed by atoms with Crippen LogP contribution in [0.15, 0.2) is 16.6 Å². The first kappa shape index (κ1) is 15.5. The van der Waals surface area contributed by atoms with Crippen molar-refractivity contribution < 1.29 is 13.5 Å². The molecule has 0 aliphatic carbocycles. The zero-order valence-electron chi connectivity index (χ0n) is 10.8. The van der Waals surface area contributed by atoms with Crippen molar-refractivity contribution in [3.05, 3.63) is 33.8 Å². The van der Waals surface area contributed by atoms with Gasteiger partial charge in [-0.15, -0.1) is 0 Å². The van der Waals surface area contributed by atoms with Gasteiger partial charge in [0.2, 0.25) is 0 Å². The molecule has 2 atom stereocenters. The topological polar surface area (TPSA) is 21.3 Å². The summed E-state index contributed by atoms with van der Waals surface area (Å²) in [6, 6.07) is 2.28. The number of benzene rings is 1. The zero-order valence-corrected chi connectivity index (χ0v) is 12.4. The van der Waals surface area contributed by atoms with Gasteiger partial charge in [0, 0.05) is 25.3 Å². The van der Waals surface area contributed by atoms with E-state index in [1.807, 2.05) is 6.92 Å². The zero-order chi connectivity index (χ0) is 13.7. The highest BCUT2D eigenvalue weighted by molar-refractivity contribution is 9.10. The van der Waals surface area contributed by atoms with Gasteiger partial charge in [-0.2, -0.15) is 0 Å². The minimum Gasteiger partial charge on any atom is -0.384 e. The largest absolute Gasteiger partial charge is 0.384 e. The fourth-order valence-electron chi connectivity index (χ4n) is 2.00. The van der Waals surface area contributed by atoms with Crippen LogP contribution in [0.3, 0.4) is 0 Å². The fourth-order valence-corrected chi connectivity index (χ4v) is 2.34. The van der Waals surface area contributed by atoms with Gasteiger partial charge in [0.25, 0.3) is 0 Å². The molecule has 0 saturated heterocycles. The molecule has 0 aromatic heterocycles. The first-order valence-corrected chi connectivity index (χ1v) is 6.60. The molecule has 2 nitrogen and oxygen atoms in total. The van der Waals surface area contributed by atoms with Crippen molar-refractivity contribution >= 4 is 15.9 Å². The molecule has 1 rings (SSSR count). The smallest absolute Gasteiger partial charge is 0.145 e. The normalized spacial score (nSPS) is 14.6. The quantitative estimate of drug-likeness (QED) is 0.807. The van der Waals surface area contributed by atoms with Gasteiger partial charge in [-0.05, 0) is 47.4 Å². The summed E-state index contributed by atoms with van der Waals surface area (Å²) >= 11 is 3.08. The molecule has 5 heteroatoms. The molecule has 18 heavy (non-hydrogen) atoms. The van der Waals surface area contributed by atoms with Gasteiger partial charge >= 0.3 is 0 Å². The number of methoxy groups -OCH3 is 1. The molecule has 102 valence electrons. The third-order valence-corrected chi connectivity index (χ3v) is 3.48. The van der Waals surface area contributed by atoms with Crippen molar-refractivity contribution in [2.45, 2.75) is 19.4 Å². The van der Waals surface area contributed by atoms with Crippen LogP contribution in [0.5, 0.6) is 0 Å². The van der Waals surface area contributed by atoms with Crippen LogP contribution in [0.4, 0.5) is 8.78 Å². The molecule has 1 N–H and O–H groups in total. The predicted octanol–water partition coefficient (Wildman–Crippen LogP) is 3.66. The van der Waals surface area contributed by atoms with E-state index in [1.54, 1.807) is 14.2 Å². The fraction of sp³-hybridized carbons (Fsp3) is 0.538. The van der Waals surface area contributed by atoms with E-state index >= 15 is 0 Å². The van der Waals surface area contributed by atoms with E-state index in [4.69, 9.17) is 4.74 Å². The van der Waals surface area contributed by atoms with Crippen LogP contribution < -0.4 is 5.32 Å². The lowest BCUT2D eigenvalue weighted by Crippen LogP contribution is -2.23. The van der Waals surface area contributed by atoms with Crippen LogP contribution in [0.1, 0.15) is 24.9 Å². The van der Waals surface area contributed by atoms with Crippen molar-refractivity contribution in [3.63, 3.8) is 0 Å². The van der Waals surface area contributed by atoms with Crippen molar-refractivity contribution in [1.29, 1.82) is 0 Å². The Bertz CT molecular complexity index is 401. The standard InChI is InChI=1S/C13H18BrF2NO/c1-8(7-18-3)6-11(17-2)12-10(15)5-4-9(14)13(12)16/h4-5,8,11,17H,6-7H2,1-3H3. The lowest BCUT2D eigenvalue weighted by molar-refractivity contribution is 0.149. The Morgan fingerprint density at radius 2 is 2.06 bits per heavy atom. The van der Waals surface area contributed by atoms with E-state index in [1.165, 1.54) is 12.1 Å². The van der Waals surface area contributed by atoms with Crippen LogP contribution in [0.25, 0.3) is 0 Å². The van der Waals surface area contributed by atoms with E-state index in [9.17, 15) is 8.78 Å². The third-order valence-electron chi connectivity index (χ3n) is 2.87. The molecule has 0 saturated carbocycles. The van der Waals surface area contributed by atoms with E-state index in [0.29, 0.717) is 13.0 Å². The highest BCUT2D eigenvalue weighted by Gasteiger charge is 2.22. The lowest BCUT2D eigenvalue weighted by atomic mass is 9.95. The number of nitrogens with one attached hydrogen (secondary N) is 1. The average molecular weight is 322 g/mol. The Labute approximate surface area is 115 Å². The summed E-state index contributed by atoms with van der Waals surface area (Å²) in [4.78, 5) is 0. The summed E-state index contributed by atoms with van der Waals surface area (Å²) < 4.78 is 33.1. The molecule has 0 spiro atoms. The minimum absolute atomic E-state index is 0.0785. The maximum atomic E-state index is 14.0. The van der Waals surface area contributed by atoms with Gasteiger partial charge in [-0.3, -0.25) is 0 Å². The van der Waals surface area contributed by atoms with Crippen LogP contribution >= 0.6 is 15.9 Å². The maximum absolute atomic E-state index is 14.0. The molecule has 0 radical (unpaired) electrons. The minimum atomic E-state index is -0.543. The second-order valence-electron chi connectivity index (χ2n) is 4.39. The van der Waals surface area contributed by atoms with Crippen molar-refractivity contribution in [2.24, 2.45) is 5.92 Å². The molecule has 0 fully saturated rings. The number of hydrogen-bond acceptors (Lipinski definition) is 2. The van der Waals surface area contributed by atoms with Gasteiger partial charge < -0.3 is 10.1 Å². The van der Waals surface area contributed by atoms with Crippen LogP contribution in [0.2, 0.25) is 0 Å². The van der Waals surface area contributed by atoms with Crippen LogP contribution in [-0.4, -0.2) is 20.8 Å². The van der Waals surface area contributed by atoms with Crippen molar-refractivity contribution in [1.82, 2.24) is 5.32 Å². The Balaban J connectivity index is 2.98. The summed E-state index contributed by atoms with van der Waals surface area (Å²) in [6.07, 6.45) is 0.606. The molecule has 0 aliphatic heterocycles. The average Bonchev–Trinajstić information content (AvgIpc) is 2.33. The molecular weight excluding hydrogens is 304 g/mol. The molecule has 2 unspecified atom stereocenters. The highest BCUT2D eigenvalue weighted by Crippen LogP contribution is 2.30. The Hall–Kier alpha value is -0.520. The molecule has 0 bridgehead atoms. The highest BCUT2D eigenvalue weighted by atomic mass is 79.9. The summed E-state index contributed by atoms with van der Waals surface area (Å²) in [7, 11) is 3.31. The van der Waals surface area contributed by atoms with Gasteiger partial charge in [0.1, 0.15) is 11.6 Å². The van der Waals surface area contributed by atoms with Crippen LogP contribution in [-0.2, 0) is 4.74 Å². The second kappa shape index (κ2) is 7.16. The van der Waals surface area contributed by atoms with E-state index in [2.05, 4.69) is 21.2 Å². The summed E-state index contributed by atoms with van der Waals surface area (Å²) in [6.45, 7) is 2.55. The van der Waals surface area contributed by atoms with Gasteiger partial charge in [0.15, 0.2) is 0 Å². The monoisotopic (exact) mass is 321 g/mol. The summed E-state index contributed by atoms with van der Waals surface area (Å²) in [5.41, 5.74) is 0.0785. The second-order valence-corrected chi connectivity index (χ2v) is 5.25. The number of rotatable bonds is 6. The Morgan fingerprint density at radius 1 is 1.39 bits per heavy atom. The summed E-state index contributed by atoms with van der Waals surface area (Å²) in [5.74, 6) is -0.858. The number of hydrogen-bond donors (Lipinski definition) is 1. The Morgan fingerprint density at radius 3 is 2.61 bits per heavy atom. The molecule has 1 aromatic rings. The van der Waals surface area contributed by atoms with Crippen molar-refractivity contribution in [2.75, 3.05) is 20.8 Å². The molecule has 1 aromatic carbocycles. The maximum Gasteiger partial charge on any atom is 0.145 e. The number of ether oxygens (including phenoxy) is 1. The van der Waals surface area contributed by atoms with E-state index < -0.39 is 11.6 Å². The van der Waals surface area contributed by atoms with Crippen molar-refractivity contribution in [3.8, 4) is 0 Å². The first-order chi connectivity index (χ1) is 8.51. The first-order valence-electron chi connectivity index (χ1n) is 5.80. The Kier molecular flexibility index (Phi) is 6.18. The van der Waals surface area contributed by atoms with Gasteiger partial charge in [-0.25, -0.2) is 8.78 Å². The van der Waals surface area contributed by atoms with E-state index in [0.717, 1.165) is 0 Å². The lowest BCUT2D eigenvalue weighted by Gasteiger charge is -2.22. The summed E-state index contributed by atoms with van der Waals surface area (Å²) in [5, 5.41) is 2.96.